The summed E-state index contributed by atoms with van der Waals surface area (Å²) in [6.45, 7) is 18.3. The Morgan fingerprint density at radius 3 is 1.90 bits per heavy atom. The summed E-state index contributed by atoms with van der Waals surface area (Å²) in [7, 11) is -1.83. The quantitative estimate of drug-likeness (QED) is 0.517. The standard InChI is InChI=1S/C14H26NSi2.2ClH.Ti/c1-11-9-14(4,13(3)12(11)2)15-17(7,8)10-16(5)6;;;/h9-10H,1-8H3;2*1H;/q-1;;;+3/p-2. The summed E-state index contributed by atoms with van der Waals surface area (Å²) in [6, 6.07) is 0. The van der Waals surface area contributed by atoms with Crippen LogP contribution in [0, 0.1) is 0 Å². The zero-order valence-electron chi connectivity index (χ0n) is 13.9. The first kappa shape index (κ1) is 26.0. The van der Waals surface area contributed by atoms with Gasteiger partial charge in [-0.15, -0.1) is 5.30 Å². The van der Waals surface area contributed by atoms with Crippen molar-refractivity contribution in [3.8, 4) is 0 Å². The van der Waals surface area contributed by atoms with Crippen molar-refractivity contribution in [1.82, 2.24) is 0 Å². The molecule has 0 saturated carbocycles. The summed E-state index contributed by atoms with van der Waals surface area (Å²) < 4.78 is 0. The van der Waals surface area contributed by atoms with Gasteiger partial charge in [-0.25, -0.2) is 0 Å². The summed E-state index contributed by atoms with van der Waals surface area (Å²) in [5, 5.41) is 2.56. The fourth-order valence-corrected chi connectivity index (χ4v) is 10.1. The van der Waals surface area contributed by atoms with E-state index >= 15 is 0 Å². The number of hydrogen-bond donors (Lipinski definition) is 0. The smallest absolute Gasteiger partial charge is 1.00 e. The zero-order valence-corrected chi connectivity index (χ0v) is 18.9. The minimum Gasteiger partial charge on any atom is -1.00 e. The molecule has 0 aromatic carbocycles. The van der Waals surface area contributed by atoms with Crippen LogP contribution in [0.5, 0.6) is 0 Å². The van der Waals surface area contributed by atoms with E-state index in [4.69, 9.17) is 4.98 Å². The van der Waals surface area contributed by atoms with Crippen molar-refractivity contribution in [2.45, 2.75) is 59.4 Å². The minimum absolute atomic E-state index is 0. The maximum absolute atomic E-state index is 5.24. The summed E-state index contributed by atoms with van der Waals surface area (Å²) in [4.78, 5) is 5.24. The minimum atomic E-state index is -1.54. The third-order valence-corrected chi connectivity index (χ3v) is 9.75. The molecule has 1 nitrogen and oxygen atoms in total. The number of allylic oxidation sites excluding steroid dienone is 2. The summed E-state index contributed by atoms with van der Waals surface area (Å²) in [6.07, 6.45) is 2.35. The molecule has 0 bridgehead atoms. The van der Waals surface area contributed by atoms with E-state index in [1.807, 2.05) is 0 Å². The van der Waals surface area contributed by atoms with Crippen molar-refractivity contribution in [1.29, 1.82) is 0 Å². The van der Waals surface area contributed by atoms with E-state index in [2.05, 4.69) is 65.3 Å². The molecule has 0 fully saturated rings. The topological polar surface area (TPSA) is 14.1 Å². The molecule has 0 N–H and O–H groups in total. The predicted octanol–water partition coefficient (Wildman–Crippen LogP) is -1.70. The van der Waals surface area contributed by atoms with Crippen molar-refractivity contribution in [3.63, 3.8) is 0 Å². The molecule has 1 atom stereocenters. The van der Waals surface area contributed by atoms with E-state index in [0.717, 1.165) is 0 Å². The molecule has 0 saturated heterocycles. The van der Waals surface area contributed by atoms with Crippen LogP contribution in [0.4, 0.5) is 0 Å². The molecule has 1 unspecified atom stereocenters. The van der Waals surface area contributed by atoms with Crippen LogP contribution in [0.25, 0.3) is 4.98 Å². The van der Waals surface area contributed by atoms with Gasteiger partial charge >= 0.3 is 21.7 Å². The van der Waals surface area contributed by atoms with Crippen LogP contribution in [0.1, 0.15) is 27.7 Å². The van der Waals surface area contributed by atoms with Gasteiger partial charge in [0.1, 0.15) is 0 Å². The van der Waals surface area contributed by atoms with E-state index in [1.165, 1.54) is 16.7 Å². The normalized spacial score (nSPS) is 21.3. The molecule has 1 aliphatic rings. The van der Waals surface area contributed by atoms with Gasteiger partial charge in [0.25, 0.3) is 0 Å². The molecule has 0 aromatic rings. The maximum atomic E-state index is 5.24. The fourth-order valence-electron chi connectivity index (χ4n) is 2.77. The molecule has 1 radical (unpaired) electrons. The van der Waals surface area contributed by atoms with E-state index in [-0.39, 0.29) is 60.5 Å². The largest absolute Gasteiger partial charge is 3.00 e. The predicted molar refractivity (Wildman–Crippen MR) is 84.9 cm³/mol. The monoisotopic (exact) mass is 382 g/mol. The van der Waals surface area contributed by atoms with Gasteiger partial charge in [0.2, 0.25) is 0 Å². The number of nitrogens with zero attached hydrogens (tertiary/aromatic N) is 1. The fraction of sp³-hybridized carbons (Fsp3) is 0.643. The Morgan fingerprint density at radius 2 is 1.60 bits per heavy atom. The molecular formula is C14H26Cl2NSi2Ti. The Kier molecular flexibility index (Phi) is 12.0. The van der Waals surface area contributed by atoms with Crippen LogP contribution < -0.4 is 24.8 Å². The summed E-state index contributed by atoms with van der Waals surface area (Å²) in [5.41, 5.74) is 4.22. The van der Waals surface area contributed by atoms with Crippen molar-refractivity contribution >= 4 is 21.9 Å². The van der Waals surface area contributed by atoms with Crippen LogP contribution >= 0.6 is 0 Å². The van der Waals surface area contributed by atoms with Crippen molar-refractivity contribution < 1.29 is 46.5 Å². The molecule has 1 aliphatic carbocycles. The molecule has 1 rings (SSSR count). The molecular weight excluding hydrogens is 357 g/mol. The number of rotatable bonds is 3. The first-order valence-electron chi connectivity index (χ1n) is 6.35. The van der Waals surface area contributed by atoms with Crippen molar-refractivity contribution in [2.75, 3.05) is 0 Å². The van der Waals surface area contributed by atoms with Gasteiger partial charge < -0.3 is 29.8 Å². The van der Waals surface area contributed by atoms with Crippen LogP contribution in [-0.4, -0.2) is 27.5 Å². The van der Waals surface area contributed by atoms with E-state index < -0.39 is 8.24 Å². The van der Waals surface area contributed by atoms with Crippen molar-refractivity contribution in [2.24, 2.45) is 0 Å². The summed E-state index contributed by atoms with van der Waals surface area (Å²) >= 11 is 0. The van der Waals surface area contributed by atoms with Crippen LogP contribution in [0.15, 0.2) is 22.8 Å². The second-order valence-electron chi connectivity index (χ2n) is 6.21. The molecule has 113 valence electrons. The molecule has 0 spiro atoms. The maximum Gasteiger partial charge on any atom is 3.00 e. The van der Waals surface area contributed by atoms with Gasteiger partial charge in [-0.2, -0.15) is 0 Å². The molecule has 0 aliphatic heterocycles. The Bertz CT molecular complexity index is 427. The average Bonchev–Trinajstić information content (AvgIpc) is 2.26. The molecule has 6 heteroatoms. The third kappa shape index (κ3) is 6.43. The van der Waals surface area contributed by atoms with E-state index in [1.54, 1.807) is 0 Å². The van der Waals surface area contributed by atoms with E-state index in [0.29, 0.717) is 0 Å². The number of halogens is 2. The Labute approximate surface area is 155 Å². The molecule has 0 heterocycles. The van der Waals surface area contributed by atoms with Gasteiger partial charge in [0.15, 0.2) is 0 Å². The molecule has 0 aromatic heterocycles. The molecule has 20 heavy (non-hydrogen) atoms. The van der Waals surface area contributed by atoms with Gasteiger partial charge in [-0.05, 0) is 37.4 Å². The van der Waals surface area contributed by atoms with Crippen molar-refractivity contribution in [3.05, 3.63) is 27.8 Å². The Morgan fingerprint density at radius 1 is 1.15 bits per heavy atom. The zero-order chi connectivity index (χ0) is 13.4. The molecule has 0 amide bonds. The van der Waals surface area contributed by atoms with Gasteiger partial charge in [-0.1, -0.05) is 61.4 Å². The SMILES string of the molecule is CC1=CC(C)([N-][Si](C)(C)C=[Si](C)C)C(C)=C1C.[Cl-].[Cl-].[Ti+3]. The van der Waals surface area contributed by atoms with Gasteiger partial charge in [-0.3, -0.25) is 0 Å². The van der Waals surface area contributed by atoms with Gasteiger partial charge in [0.05, 0.1) is 0 Å². The van der Waals surface area contributed by atoms with Crippen LogP contribution in [-0.2, 0) is 21.7 Å². The third-order valence-electron chi connectivity index (χ3n) is 3.57. The Balaban J connectivity index is -0.000000963. The number of hydrogen-bond acceptors (Lipinski definition) is 0. The average molecular weight is 383 g/mol. The first-order chi connectivity index (χ1) is 7.57. The van der Waals surface area contributed by atoms with Crippen LogP contribution in [0.2, 0.25) is 26.2 Å². The first-order valence-corrected chi connectivity index (χ1v) is 12.0. The Hall–Kier alpha value is 1.04. The van der Waals surface area contributed by atoms with Crippen LogP contribution in [0.3, 0.4) is 0 Å². The van der Waals surface area contributed by atoms with E-state index in [9.17, 15) is 0 Å². The summed E-state index contributed by atoms with van der Waals surface area (Å²) in [5.74, 6) is 0. The second kappa shape index (κ2) is 9.24. The van der Waals surface area contributed by atoms with Gasteiger partial charge in [0, 0.05) is 0 Å². The second-order valence-corrected chi connectivity index (χ2v) is 13.1.